The smallest absolute Gasteiger partial charge is 0.191 e. The number of rotatable bonds is 7. The van der Waals surface area contributed by atoms with E-state index in [-0.39, 0.29) is 12.6 Å². The van der Waals surface area contributed by atoms with E-state index in [4.69, 9.17) is 5.11 Å². The Morgan fingerprint density at radius 3 is 2.71 bits per heavy atom. The first kappa shape index (κ1) is 14.1. The van der Waals surface area contributed by atoms with Crippen LogP contribution in [0.5, 0.6) is 0 Å². The summed E-state index contributed by atoms with van der Waals surface area (Å²) in [6, 6.07) is 1.85. The summed E-state index contributed by atoms with van der Waals surface area (Å²) in [6.45, 7) is 4.98. The topological polar surface area (TPSA) is 70.1 Å². The zero-order valence-corrected chi connectivity index (χ0v) is 11.3. The van der Waals surface area contributed by atoms with Gasteiger partial charge in [0.25, 0.3) is 0 Å². The summed E-state index contributed by atoms with van der Waals surface area (Å²) in [7, 11) is 0. The molecule has 6 heteroatoms. The molecule has 3 N–H and O–H groups in total. The molecule has 17 heavy (non-hydrogen) atoms. The molecule has 0 aliphatic heterocycles. The highest BCUT2D eigenvalue weighted by Gasteiger charge is 2.06. The van der Waals surface area contributed by atoms with E-state index in [2.05, 4.69) is 27.5 Å². The fourth-order valence-electron chi connectivity index (χ4n) is 1.23. The van der Waals surface area contributed by atoms with Gasteiger partial charge in [-0.25, -0.2) is 9.97 Å². The van der Waals surface area contributed by atoms with Gasteiger partial charge in [0.15, 0.2) is 5.16 Å². The van der Waals surface area contributed by atoms with Crippen LogP contribution in [0.4, 0.5) is 11.6 Å². The Balaban J connectivity index is 2.80. The van der Waals surface area contributed by atoms with Crippen LogP contribution in [0.25, 0.3) is 0 Å². The molecule has 0 aromatic carbocycles. The lowest BCUT2D eigenvalue weighted by molar-refractivity contribution is 0.281. The summed E-state index contributed by atoms with van der Waals surface area (Å²) >= 11 is 1.50. The highest BCUT2D eigenvalue weighted by atomic mass is 32.2. The maximum absolute atomic E-state index is 9.01. The third-order valence-electron chi connectivity index (χ3n) is 2.11. The Labute approximate surface area is 106 Å². The van der Waals surface area contributed by atoms with Crippen molar-refractivity contribution in [2.24, 2.45) is 0 Å². The molecule has 0 spiro atoms. The number of thioether (sulfide) groups is 1. The SMILES string of the molecule is CCCNc1cc(NC(C)CO)nc(SC)n1. The summed E-state index contributed by atoms with van der Waals surface area (Å²) in [5.41, 5.74) is 0. The van der Waals surface area contributed by atoms with Gasteiger partial charge in [0.2, 0.25) is 0 Å². The van der Waals surface area contributed by atoms with E-state index < -0.39 is 0 Å². The minimum atomic E-state index is -0.0152. The number of anilines is 2. The third kappa shape index (κ3) is 4.79. The van der Waals surface area contributed by atoms with Gasteiger partial charge in [-0.05, 0) is 19.6 Å². The second-order valence-electron chi connectivity index (χ2n) is 3.78. The van der Waals surface area contributed by atoms with E-state index in [1.807, 2.05) is 19.2 Å². The first-order valence-electron chi connectivity index (χ1n) is 5.74. The summed E-state index contributed by atoms with van der Waals surface area (Å²) in [5, 5.41) is 16.1. The first-order valence-corrected chi connectivity index (χ1v) is 6.96. The van der Waals surface area contributed by atoms with Gasteiger partial charge < -0.3 is 15.7 Å². The predicted octanol–water partition coefficient (Wildman–Crippen LogP) is 1.81. The molecule has 0 fully saturated rings. The summed E-state index contributed by atoms with van der Waals surface area (Å²) in [4.78, 5) is 8.70. The van der Waals surface area contributed by atoms with Crippen molar-refractivity contribution < 1.29 is 5.11 Å². The standard InChI is InChI=1S/C11H20N4OS/c1-4-5-12-9-6-10(13-8(2)7-16)15-11(14-9)17-3/h6,8,16H,4-5,7H2,1-3H3,(H2,12,13,14,15). The minimum absolute atomic E-state index is 0.0152. The maximum Gasteiger partial charge on any atom is 0.191 e. The van der Waals surface area contributed by atoms with Crippen LogP contribution in [-0.2, 0) is 0 Å². The summed E-state index contributed by atoms with van der Waals surface area (Å²) in [5.74, 6) is 1.56. The lowest BCUT2D eigenvalue weighted by atomic mass is 10.3. The van der Waals surface area contributed by atoms with Crippen LogP contribution in [0, 0.1) is 0 Å². The number of aromatic nitrogens is 2. The zero-order valence-electron chi connectivity index (χ0n) is 10.5. The van der Waals surface area contributed by atoms with E-state index in [1.54, 1.807) is 0 Å². The molecule has 0 saturated carbocycles. The van der Waals surface area contributed by atoms with Gasteiger partial charge in [0.1, 0.15) is 11.6 Å². The number of aliphatic hydroxyl groups excluding tert-OH is 1. The quantitative estimate of drug-likeness (QED) is 0.510. The molecule has 1 heterocycles. The van der Waals surface area contributed by atoms with Crippen molar-refractivity contribution in [2.75, 3.05) is 30.0 Å². The van der Waals surface area contributed by atoms with Crippen molar-refractivity contribution in [1.29, 1.82) is 0 Å². The Bertz CT molecular complexity index is 348. The van der Waals surface area contributed by atoms with Crippen molar-refractivity contribution in [3.63, 3.8) is 0 Å². The van der Waals surface area contributed by atoms with E-state index in [0.717, 1.165) is 29.8 Å². The molecule has 96 valence electrons. The largest absolute Gasteiger partial charge is 0.394 e. The van der Waals surface area contributed by atoms with Crippen LogP contribution >= 0.6 is 11.8 Å². The van der Waals surface area contributed by atoms with Crippen LogP contribution < -0.4 is 10.6 Å². The number of aliphatic hydroxyl groups is 1. The normalized spacial score (nSPS) is 12.2. The molecule has 5 nitrogen and oxygen atoms in total. The molecular weight excluding hydrogens is 236 g/mol. The monoisotopic (exact) mass is 256 g/mol. The maximum atomic E-state index is 9.01. The Hall–Kier alpha value is -1.01. The fraction of sp³-hybridized carbons (Fsp3) is 0.636. The Morgan fingerprint density at radius 1 is 1.41 bits per heavy atom. The van der Waals surface area contributed by atoms with Crippen molar-refractivity contribution in [1.82, 2.24) is 9.97 Å². The molecule has 0 bridgehead atoms. The Morgan fingerprint density at radius 2 is 2.12 bits per heavy atom. The van der Waals surface area contributed by atoms with Crippen molar-refractivity contribution in [3.8, 4) is 0 Å². The van der Waals surface area contributed by atoms with Crippen molar-refractivity contribution in [2.45, 2.75) is 31.5 Å². The minimum Gasteiger partial charge on any atom is -0.394 e. The molecule has 0 radical (unpaired) electrons. The van der Waals surface area contributed by atoms with Gasteiger partial charge in [-0.3, -0.25) is 0 Å². The molecule has 1 atom stereocenters. The van der Waals surface area contributed by atoms with E-state index in [1.165, 1.54) is 11.8 Å². The average molecular weight is 256 g/mol. The molecule has 0 aliphatic rings. The molecule has 1 aromatic heterocycles. The van der Waals surface area contributed by atoms with Gasteiger partial charge in [0, 0.05) is 18.7 Å². The first-order chi connectivity index (χ1) is 8.19. The van der Waals surface area contributed by atoms with Gasteiger partial charge >= 0.3 is 0 Å². The highest BCUT2D eigenvalue weighted by Crippen LogP contribution is 2.17. The second kappa shape index (κ2) is 7.34. The van der Waals surface area contributed by atoms with Crippen LogP contribution in [0.1, 0.15) is 20.3 Å². The Kier molecular flexibility index (Phi) is 6.07. The van der Waals surface area contributed by atoms with Crippen molar-refractivity contribution >= 4 is 23.4 Å². The molecule has 1 rings (SSSR count). The predicted molar refractivity (Wildman–Crippen MR) is 72.8 cm³/mol. The van der Waals surface area contributed by atoms with E-state index in [0.29, 0.717) is 0 Å². The number of nitrogens with one attached hydrogen (secondary N) is 2. The van der Waals surface area contributed by atoms with Gasteiger partial charge in [0.05, 0.1) is 6.61 Å². The highest BCUT2D eigenvalue weighted by molar-refractivity contribution is 7.98. The number of hydrogen-bond acceptors (Lipinski definition) is 6. The van der Waals surface area contributed by atoms with E-state index >= 15 is 0 Å². The number of nitrogens with zero attached hydrogens (tertiary/aromatic N) is 2. The summed E-state index contributed by atoms with van der Waals surface area (Å²) < 4.78 is 0. The molecular formula is C11H20N4OS. The third-order valence-corrected chi connectivity index (χ3v) is 2.66. The lowest BCUT2D eigenvalue weighted by Crippen LogP contribution is -2.20. The molecule has 0 saturated heterocycles. The van der Waals surface area contributed by atoms with E-state index in [9.17, 15) is 0 Å². The molecule has 0 aliphatic carbocycles. The summed E-state index contributed by atoms with van der Waals surface area (Å²) in [6.07, 6.45) is 2.99. The average Bonchev–Trinajstić information content (AvgIpc) is 2.35. The van der Waals surface area contributed by atoms with Crippen molar-refractivity contribution in [3.05, 3.63) is 6.07 Å². The molecule has 1 unspecified atom stereocenters. The van der Waals surface area contributed by atoms with Gasteiger partial charge in [-0.2, -0.15) is 0 Å². The zero-order chi connectivity index (χ0) is 12.7. The second-order valence-corrected chi connectivity index (χ2v) is 4.55. The van der Waals surface area contributed by atoms with Crippen LogP contribution in [0.15, 0.2) is 11.2 Å². The van der Waals surface area contributed by atoms with Crippen LogP contribution in [0.3, 0.4) is 0 Å². The molecule has 1 aromatic rings. The molecule has 0 amide bonds. The van der Waals surface area contributed by atoms with Crippen LogP contribution in [-0.4, -0.2) is 40.5 Å². The van der Waals surface area contributed by atoms with Crippen LogP contribution in [0.2, 0.25) is 0 Å². The van der Waals surface area contributed by atoms with Gasteiger partial charge in [-0.1, -0.05) is 18.7 Å². The van der Waals surface area contributed by atoms with Gasteiger partial charge in [-0.15, -0.1) is 0 Å². The number of hydrogen-bond donors (Lipinski definition) is 3. The fourth-order valence-corrected chi connectivity index (χ4v) is 1.61. The lowest BCUT2D eigenvalue weighted by Gasteiger charge is -2.13.